The minimum Gasteiger partial charge on any atom is -0.385 e. The maximum absolute atomic E-state index is 13.3. The number of halogens is 1. The zero-order valence-electron chi connectivity index (χ0n) is 15.3. The first-order valence-corrected chi connectivity index (χ1v) is 8.65. The molecule has 0 aliphatic heterocycles. The van der Waals surface area contributed by atoms with Crippen molar-refractivity contribution in [2.75, 3.05) is 20.3 Å². The van der Waals surface area contributed by atoms with E-state index in [4.69, 9.17) is 4.74 Å². The van der Waals surface area contributed by atoms with Gasteiger partial charge in [-0.1, -0.05) is 12.1 Å². The lowest BCUT2D eigenvalue weighted by atomic mass is 10.2. The van der Waals surface area contributed by atoms with E-state index in [0.29, 0.717) is 31.0 Å². The molecule has 0 spiro atoms. The van der Waals surface area contributed by atoms with Crippen molar-refractivity contribution in [3.8, 4) is 17.1 Å². The van der Waals surface area contributed by atoms with E-state index in [2.05, 4.69) is 15.4 Å². The third kappa shape index (κ3) is 4.57. The zero-order chi connectivity index (χ0) is 19.2. The van der Waals surface area contributed by atoms with Gasteiger partial charge >= 0.3 is 0 Å². The van der Waals surface area contributed by atoms with Crippen LogP contribution in [0.2, 0.25) is 0 Å². The smallest absolute Gasteiger partial charge is 0.290 e. The molecule has 7 heteroatoms. The Morgan fingerprint density at radius 1 is 1.22 bits per heavy atom. The third-order valence-electron chi connectivity index (χ3n) is 3.97. The summed E-state index contributed by atoms with van der Waals surface area (Å²) in [5, 5.41) is 7.17. The van der Waals surface area contributed by atoms with Gasteiger partial charge in [0.05, 0.1) is 5.69 Å². The fourth-order valence-electron chi connectivity index (χ4n) is 2.63. The van der Waals surface area contributed by atoms with Crippen LogP contribution in [-0.4, -0.2) is 40.9 Å². The average Bonchev–Trinajstić information content (AvgIpc) is 3.11. The Morgan fingerprint density at radius 3 is 2.70 bits per heavy atom. The number of carbonyl (C=O) groups excluding carboxylic acids is 1. The molecular weight excluding hydrogens is 347 g/mol. The number of rotatable bonds is 7. The van der Waals surface area contributed by atoms with Crippen LogP contribution in [-0.2, 0) is 4.74 Å². The molecule has 1 heterocycles. The third-order valence-corrected chi connectivity index (χ3v) is 3.97. The Balaban J connectivity index is 1.96. The number of aromatic nitrogens is 3. The van der Waals surface area contributed by atoms with Gasteiger partial charge in [-0.2, -0.15) is 0 Å². The minimum atomic E-state index is -0.360. The summed E-state index contributed by atoms with van der Waals surface area (Å²) >= 11 is 0. The Labute approximate surface area is 157 Å². The second-order valence-corrected chi connectivity index (χ2v) is 6.12. The van der Waals surface area contributed by atoms with Crippen LogP contribution >= 0.6 is 0 Å². The van der Waals surface area contributed by atoms with Crippen molar-refractivity contribution in [2.45, 2.75) is 13.3 Å². The summed E-state index contributed by atoms with van der Waals surface area (Å²) in [6.45, 7) is 3.01. The number of hydrogen-bond donors (Lipinski definition) is 1. The zero-order valence-corrected chi connectivity index (χ0v) is 15.3. The van der Waals surface area contributed by atoms with E-state index >= 15 is 0 Å². The van der Waals surface area contributed by atoms with Crippen molar-refractivity contribution >= 4 is 5.91 Å². The van der Waals surface area contributed by atoms with Crippen LogP contribution in [0.3, 0.4) is 0 Å². The Hall–Kier alpha value is -3.06. The Kier molecular flexibility index (Phi) is 5.93. The summed E-state index contributed by atoms with van der Waals surface area (Å²) in [6, 6.07) is 13.7. The van der Waals surface area contributed by atoms with E-state index < -0.39 is 0 Å². The van der Waals surface area contributed by atoms with Crippen molar-refractivity contribution in [2.24, 2.45) is 0 Å². The molecule has 0 saturated heterocycles. The van der Waals surface area contributed by atoms with Crippen molar-refractivity contribution in [3.63, 3.8) is 0 Å². The Morgan fingerprint density at radius 2 is 2.00 bits per heavy atom. The van der Waals surface area contributed by atoms with Gasteiger partial charge in [0, 0.05) is 25.8 Å². The molecule has 1 amide bonds. The second kappa shape index (κ2) is 8.55. The topological polar surface area (TPSA) is 69.0 Å². The summed E-state index contributed by atoms with van der Waals surface area (Å²) < 4.78 is 19.9. The highest BCUT2D eigenvalue weighted by atomic mass is 19.1. The number of nitrogens with zero attached hydrogens (tertiary/aromatic N) is 3. The fourth-order valence-corrected chi connectivity index (χ4v) is 2.63. The molecular formula is C20H21FN4O2. The lowest BCUT2D eigenvalue weighted by molar-refractivity contribution is 0.0938. The SMILES string of the molecule is COCCCNC(=O)c1nc(-c2ccc(F)cc2)n(-c2cccc(C)c2)n1. The number of amides is 1. The summed E-state index contributed by atoms with van der Waals surface area (Å²) in [5.74, 6) is -0.159. The van der Waals surface area contributed by atoms with Crippen LogP contribution in [0.15, 0.2) is 48.5 Å². The molecule has 0 unspecified atom stereocenters. The van der Waals surface area contributed by atoms with E-state index in [9.17, 15) is 9.18 Å². The molecule has 1 N–H and O–H groups in total. The molecule has 27 heavy (non-hydrogen) atoms. The standard InChI is InChI=1S/C20H21FN4O2/c1-14-5-3-6-17(13-14)25-19(15-7-9-16(21)10-8-15)23-18(24-25)20(26)22-11-4-12-27-2/h3,5-10,13H,4,11-12H2,1-2H3,(H,22,26). The van der Waals surface area contributed by atoms with Gasteiger partial charge in [-0.25, -0.2) is 14.1 Å². The van der Waals surface area contributed by atoms with Crippen LogP contribution in [0.4, 0.5) is 4.39 Å². The van der Waals surface area contributed by atoms with Gasteiger partial charge in [0.15, 0.2) is 5.82 Å². The molecule has 0 bridgehead atoms. The predicted octanol–water partition coefficient (Wildman–Crippen LogP) is 3.15. The average molecular weight is 368 g/mol. The van der Waals surface area contributed by atoms with Crippen molar-refractivity contribution in [3.05, 3.63) is 65.7 Å². The fraction of sp³-hybridized carbons (Fsp3) is 0.250. The van der Waals surface area contributed by atoms with E-state index in [1.54, 1.807) is 23.9 Å². The maximum atomic E-state index is 13.3. The van der Waals surface area contributed by atoms with Crippen LogP contribution in [0.1, 0.15) is 22.6 Å². The molecule has 0 fully saturated rings. The van der Waals surface area contributed by atoms with Crippen LogP contribution < -0.4 is 5.32 Å². The van der Waals surface area contributed by atoms with E-state index in [1.807, 2.05) is 31.2 Å². The summed E-state index contributed by atoms with van der Waals surface area (Å²) in [5.41, 5.74) is 2.50. The summed E-state index contributed by atoms with van der Waals surface area (Å²) in [4.78, 5) is 16.8. The molecule has 0 radical (unpaired) electrons. The first-order valence-electron chi connectivity index (χ1n) is 8.65. The van der Waals surface area contributed by atoms with Gasteiger partial charge in [-0.05, 0) is 55.3 Å². The number of nitrogens with one attached hydrogen (secondary N) is 1. The Bertz CT molecular complexity index is 922. The van der Waals surface area contributed by atoms with Crippen LogP contribution in [0.25, 0.3) is 17.1 Å². The number of hydrogen-bond acceptors (Lipinski definition) is 4. The number of aryl methyl sites for hydroxylation is 1. The van der Waals surface area contributed by atoms with E-state index in [0.717, 1.165) is 11.3 Å². The van der Waals surface area contributed by atoms with Crippen molar-refractivity contribution in [1.29, 1.82) is 0 Å². The van der Waals surface area contributed by atoms with Gasteiger partial charge in [0.1, 0.15) is 5.82 Å². The van der Waals surface area contributed by atoms with Gasteiger partial charge in [0.25, 0.3) is 5.91 Å². The van der Waals surface area contributed by atoms with Gasteiger partial charge in [0.2, 0.25) is 5.82 Å². The monoisotopic (exact) mass is 368 g/mol. The van der Waals surface area contributed by atoms with Crippen molar-refractivity contribution < 1.29 is 13.9 Å². The number of ether oxygens (including phenoxy) is 1. The number of methoxy groups -OCH3 is 1. The van der Waals surface area contributed by atoms with Crippen LogP contribution in [0.5, 0.6) is 0 Å². The lowest BCUT2D eigenvalue weighted by Crippen LogP contribution is -2.26. The molecule has 3 rings (SSSR count). The molecule has 6 nitrogen and oxygen atoms in total. The molecule has 0 aliphatic rings. The lowest BCUT2D eigenvalue weighted by Gasteiger charge is -2.06. The highest BCUT2D eigenvalue weighted by molar-refractivity contribution is 5.91. The van der Waals surface area contributed by atoms with Crippen LogP contribution in [0, 0.1) is 12.7 Å². The summed E-state index contributed by atoms with van der Waals surface area (Å²) in [6.07, 6.45) is 0.700. The molecule has 3 aromatic rings. The van der Waals surface area contributed by atoms with Gasteiger partial charge < -0.3 is 10.1 Å². The van der Waals surface area contributed by atoms with E-state index in [1.165, 1.54) is 12.1 Å². The molecule has 0 saturated carbocycles. The second-order valence-electron chi connectivity index (χ2n) is 6.12. The highest BCUT2D eigenvalue weighted by Gasteiger charge is 2.18. The van der Waals surface area contributed by atoms with E-state index in [-0.39, 0.29) is 17.5 Å². The molecule has 1 aromatic heterocycles. The van der Waals surface area contributed by atoms with Gasteiger partial charge in [-0.15, -0.1) is 5.10 Å². The molecule has 140 valence electrons. The highest BCUT2D eigenvalue weighted by Crippen LogP contribution is 2.22. The summed E-state index contributed by atoms with van der Waals surface area (Å²) in [7, 11) is 1.61. The quantitative estimate of drug-likeness (QED) is 0.651. The molecule has 0 atom stereocenters. The van der Waals surface area contributed by atoms with Crippen molar-refractivity contribution in [1.82, 2.24) is 20.1 Å². The van der Waals surface area contributed by atoms with Gasteiger partial charge in [-0.3, -0.25) is 4.79 Å². The number of benzene rings is 2. The molecule has 2 aromatic carbocycles. The normalized spacial score (nSPS) is 10.8. The molecule has 0 aliphatic carbocycles. The number of carbonyl (C=O) groups is 1. The largest absolute Gasteiger partial charge is 0.385 e. The minimum absolute atomic E-state index is 0.0632. The predicted molar refractivity (Wildman–Crippen MR) is 100 cm³/mol. The maximum Gasteiger partial charge on any atom is 0.290 e. The first kappa shape index (κ1) is 18.7. The first-order chi connectivity index (χ1) is 13.1.